The van der Waals surface area contributed by atoms with Crippen LogP contribution in [0.25, 0.3) is 0 Å². The average Bonchev–Trinajstić information content (AvgIpc) is 2.18. The molecule has 0 radical (unpaired) electrons. The Hall–Kier alpha value is -1.09. The summed E-state index contributed by atoms with van der Waals surface area (Å²) < 4.78 is 10.7. The first-order chi connectivity index (χ1) is 6.74. The van der Waals surface area contributed by atoms with Crippen molar-refractivity contribution in [3.8, 4) is 17.2 Å². The third-order valence-electron chi connectivity index (χ3n) is 2.21. The van der Waals surface area contributed by atoms with Crippen LogP contribution in [0.5, 0.6) is 17.2 Å². The number of phenolic OH excluding ortho intramolecular Hbond substituents is 1. The maximum Gasteiger partial charge on any atom is 0.180 e. The van der Waals surface area contributed by atoms with E-state index in [4.69, 9.17) is 21.1 Å². The summed E-state index contributed by atoms with van der Waals surface area (Å²) >= 11 is 6.07. The first-order valence-corrected chi connectivity index (χ1v) is 4.91. The molecule has 0 amide bonds. The topological polar surface area (TPSA) is 38.7 Å². The van der Waals surface area contributed by atoms with Gasteiger partial charge in [0.1, 0.15) is 19.0 Å². The van der Waals surface area contributed by atoms with Crippen LogP contribution in [-0.4, -0.2) is 18.3 Å². The van der Waals surface area contributed by atoms with Crippen LogP contribution in [0, 0.1) is 0 Å². The molecule has 0 saturated heterocycles. The van der Waals surface area contributed by atoms with E-state index in [1.165, 1.54) is 0 Å². The highest BCUT2D eigenvalue weighted by Gasteiger charge is 2.20. The summed E-state index contributed by atoms with van der Waals surface area (Å²) in [6.07, 6.45) is 0.668. The van der Waals surface area contributed by atoms with Crippen LogP contribution in [0.15, 0.2) is 6.07 Å². The lowest BCUT2D eigenvalue weighted by Gasteiger charge is -2.21. The molecule has 1 aliphatic heterocycles. The van der Waals surface area contributed by atoms with Crippen molar-refractivity contribution in [1.82, 2.24) is 0 Å². The molecule has 0 saturated carbocycles. The van der Waals surface area contributed by atoms with Gasteiger partial charge in [0.15, 0.2) is 11.5 Å². The molecular formula is C10H11ClO3. The normalized spacial score (nSPS) is 14.1. The number of halogens is 1. The fourth-order valence-electron chi connectivity index (χ4n) is 1.51. The molecule has 3 nitrogen and oxygen atoms in total. The van der Waals surface area contributed by atoms with Crippen molar-refractivity contribution in [2.24, 2.45) is 0 Å². The van der Waals surface area contributed by atoms with Gasteiger partial charge in [0.2, 0.25) is 0 Å². The van der Waals surface area contributed by atoms with E-state index in [0.29, 0.717) is 41.7 Å². The molecule has 1 heterocycles. The predicted octanol–water partition coefficient (Wildman–Crippen LogP) is 2.38. The third-order valence-corrected chi connectivity index (χ3v) is 2.61. The van der Waals surface area contributed by atoms with Crippen molar-refractivity contribution in [1.29, 1.82) is 0 Å². The van der Waals surface area contributed by atoms with Crippen LogP contribution in [0.4, 0.5) is 0 Å². The minimum Gasteiger partial charge on any atom is -0.507 e. The number of hydrogen-bond acceptors (Lipinski definition) is 3. The molecule has 1 aromatic rings. The van der Waals surface area contributed by atoms with Crippen molar-refractivity contribution in [3.63, 3.8) is 0 Å². The monoisotopic (exact) mass is 214 g/mol. The van der Waals surface area contributed by atoms with Gasteiger partial charge in [-0.1, -0.05) is 18.5 Å². The minimum atomic E-state index is 0.168. The van der Waals surface area contributed by atoms with Gasteiger partial charge in [-0.2, -0.15) is 0 Å². The molecule has 0 spiro atoms. The molecule has 1 N–H and O–H groups in total. The lowest BCUT2D eigenvalue weighted by Crippen LogP contribution is -2.16. The largest absolute Gasteiger partial charge is 0.507 e. The van der Waals surface area contributed by atoms with Gasteiger partial charge in [0, 0.05) is 11.6 Å². The first-order valence-electron chi connectivity index (χ1n) is 4.54. The second-order valence-electron chi connectivity index (χ2n) is 3.07. The van der Waals surface area contributed by atoms with Gasteiger partial charge in [-0.05, 0) is 6.42 Å². The van der Waals surface area contributed by atoms with Crippen LogP contribution in [0.2, 0.25) is 5.02 Å². The summed E-state index contributed by atoms with van der Waals surface area (Å²) in [7, 11) is 0. The van der Waals surface area contributed by atoms with Gasteiger partial charge in [0.25, 0.3) is 0 Å². The number of ether oxygens (including phenoxy) is 2. The van der Waals surface area contributed by atoms with Gasteiger partial charge in [-0.3, -0.25) is 0 Å². The summed E-state index contributed by atoms with van der Waals surface area (Å²) in [6.45, 7) is 2.92. The second kappa shape index (κ2) is 3.58. The van der Waals surface area contributed by atoms with Crippen LogP contribution in [-0.2, 0) is 6.42 Å². The van der Waals surface area contributed by atoms with Gasteiger partial charge in [-0.25, -0.2) is 0 Å². The second-order valence-corrected chi connectivity index (χ2v) is 3.44. The summed E-state index contributed by atoms with van der Waals surface area (Å²) in [5.41, 5.74) is 0.705. The fraction of sp³-hybridized carbons (Fsp3) is 0.400. The van der Waals surface area contributed by atoms with Crippen LogP contribution in [0.1, 0.15) is 12.5 Å². The first kappa shape index (κ1) is 9.46. The summed E-state index contributed by atoms with van der Waals surface area (Å²) in [6, 6.07) is 1.55. The fourth-order valence-corrected chi connectivity index (χ4v) is 1.89. The Bertz CT molecular complexity index is 363. The molecule has 14 heavy (non-hydrogen) atoms. The van der Waals surface area contributed by atoms with Crippen LogP contribution >= 0.6 is 11.6 Å². The quantitative estimate of drug-likeness (QED) is 0.780. The van der Waals surface area contributed by atoms with Crippen LogP contribution < -0.4 is 9.47 Å². The SMILES string of the molecule is CCc1c(O)cc2c(c1Cl)OCCO2. The molecule has 0 aliphatic carbocycles. The standard InChI is InChI=1S/C10H11ClO3/c1-2-6-7(12)5-8-10(9(6)11)14-4-3-13-8/h5,12H,2-4H2,1H3. The maximum atomic E-state index is 9.63. The number of hydrogen-bond donors (Lipinski definition) is 1. The Kier molecular flexibility index (Phi) is 2.42. The Labute approximate surface area is 87.2 Å². The lowest BCUT2D eigenvalue weighted by atomic mass is 10.1. The molecule has 0 aromatic heterocycles. The Morgan fingerprint density at radius 1 is 1.43 bits per heavy atom. The van der Waals surface area contributed by atoms with Crippen molar-refractivity contribution >= 4 is 11.6 Å². The Morgan fingerprint density at radius 2 is 2.14 bits per heavy atom. The average molecular weight is 215 g/mol. The summed E-state index contributed by atoms with van der Waals surface area (Å²) in [5.74, 6) is 1.24. The van der Waals surface area contributed by atoms with E-state index >= 15 is 0 Å². The van der Waals surface area contributed by atoms with Crippen molar-refractivity contribution in [2.75, 3.05) is 13.2 Å². The van der Waals surface area contributed by atoms with Crippen LogP contribution in [0.3, 0.4) is 0 Å². The van der Waals surface area contributed by atoms with Gasteiger partial charge >= 0.3 is 0 Å². The van der Waals surface area contributed by atoms with E-state index in [-0.39, 0.29) is 5.75 Å². The lowest BCUT2D eigenvalue weighted by molar-refractivity contribution is 0.171. The molecule has 0 unspecified atom stereocenters. The smallest absolute Gasteiger partial charge is 0.180 e. The molecular weight excluding hydrogens is 204 g/mol. The zero-order valence-electron chi connectivity index (χ0n) is 7.84. The predicted molar refractivity (Wildman–Crippen MR) is 53.5 cm³/mol. The van der Waals surface area contributed by atoms with Crippen molar-refractivity contribution in [2.45, 2.75) is 13.3 Å². The molecule has 4 heteroatoms. The number of benzene rings is 1. The molecule has 0 atom stereocenters. The summed E-state index contributed by atoms with van der Waals surface area (Å²) in [5, 5.41) is 10.1. The highest BCUT2D eigenvalue weighted by Crippen LogP contribution is 2.43. The zero-order valence-corrected chi connectivity index (χ0v) is 8.60. The maximum absolute atomic E-state index is 9.63. The molecule has 76 valence electrons. The molecule has 2 rings (SSSR count). The Balaban J connectivity index is 2.57. The van der Waals surface area contributed by atoms with E-state index in [1.807, 2.05) is 6.92 Å². The van der Waals surface area contributed by atoms with E-state index in [9.17, 15) is 5.11 Å². The minimum absolute atomic E-state index is 0.168. The number of phenols is 1. The highest BCUT2D eigenvalue weighted by atomic mass is 35.5. The number of fused-ring (bicyclic) bond motifs is 1. The van der Waals surface area contributed by atoms with E-state index in [2.05, 4.69) is 0 Å². The Morgan fingerprint density at radius 3 is 2.86 bits per heavy atom. The van der Waals surface area contributed by atoms with E-state index in [1.54, 1.807) is 6.07 Å². The highest BCUT2D eigenvalue weighted by molar-refractivity contribution is 6.33. The van der Waals surface area contributed by atoms with Gasteiger partial charge < -0.3 is 14.6 Å². The van der Waals surface area contributed by atoms with E-state index in [0.717, 1.165) is 0 Å². The van der Waals surface area contributed by atoms with E-state index < -0.39 is 0 Å². The zero-order chi connectivity index (χ0) is 10.1. The van der Waals surface area contributed by atoms with Gasteiger partial charge in [-0.15, -0.1) is 0 Å². The number of rotatable bonds is 1. The van der Waals surface area contributed by atoms with Crippen molar-refractivity contribution < 1.29 is 14.6 Å². The summed E-state index contributed by atoms with van der Waals surface area (Å²) in [4.78, 5) is 0. The number of aromatic hydroxyl groups is 1. The molecule has 0 bridgehead atoms. The molecule has 0 fully saturated rings. The van der Waals surface area contributed by atoms with Gasteiger partial charge in [0.05, 0.1) is 5.02 Å². The van der Waals surface area contributed by atoms with Crippen molar-refractivity contribution in [3.05, 3.63) is 16.7 Å². The molecule has 1 aliphatic rings. The third kappa shape index (κ3) is 1.38. The molecule has 1 aromatic carbocycles.